The molecule has 0 unspecified atom stereocenters. The van der Waals surface area contributed by atoms with E-state index in [0.29, 0.717) is 23.9 Å². The number of aliphatic hydroxyl groups excluding tert-OH is 1. The summed E-state index contributed by atoms with van der Waals surface area (Å²) in [6.45, 7) is 10.0. The molecule has 2 heteroatoms. The van der Waals surface area contributed by atoms with Gasteiger partial charge in [0.15, 0.2) is 0 Å². The maximum atomic E-state index is 9.94. The van der Waals surface area contributed by atoms with E-state index in [1.54, 1.807) is 0 Å². The predicted octanol–water partition coefficient (Wildman–Crippen LogP) is 4.18. The van der Waals surface area contributed by atoms with E-state index in [9.17, 15) is 5.11 Å². The van der Waals surface area contributed by atoms with Gasteiger partial charge in [0.05, 0.1) is 19.3 Å². The number of rotatable bonds is 6. The van der Waals surface area contributed by atoms with Crippen LogP contribution in [0.3, 0.4) is 0 Å². The lowest BCUT2D eigenvalue weighted by molar-refractivity contribution is -0.164. The minimum absolute atomic E-state index is 0.0515. The van der Waals surface area contributed by atoms with Gasteiger partial charge in [0.25, 0.3) is 0 Å². The Hall–Kier alpha value is -0.340. The number of fused-ring (bicyclic) bond motifs is 2. The third kappa shape index (κ3) is 2.69. The quantitative estimate of drug-likeness (QED) is 0.584. The second-order valence-electron chi connectivity index (χ2n) is 7.10. The third-order valence-electron chi connectivity index (χ3n) is 5.99. The summed E-state index contributed by atoms with van der Waals surface area (Å²) in [5, 5.41) is 9.94. The third-order valence-corrected chi connectivity index (χ3v) is 5.99. The average molecular weight is 280 g/mol. The average Bonchev–Trinajstić information content (AvgIpc) is 2.42. The van der Waals surface area contributed by atoms with E-state index in [1.165, 1.54) is 37.7 Å². The molecule has 0 aromatic heterocycles. The summed E-state index contributed by atoms with van der Waals surface area (Å²) in [4.78, 5) is 0. The summed E-state index contributed by atoms with van der Waals surface area (Å²) in [7, 11) is 0. The van der Waals surface area contributed by atoms with Gasteiger partial charge in [0.2, 0.25) is 0 Å². The zero-order valence-electron chi connectivity index (χ0n) is 13.7. The summed E-state index contributed by atoms with van der Waals surface area (Å²) >= 11 is 0. The molecule has 0 aromatic rings. The topological polar surface area (TPSA) is 29.5 Å². The maximum Gasteiger partial charge on any atom is 0.0643 e. The van der Waals surface area contributed by atoms with Crippen LogP contribution in [0.25, 0.3) is 0 Å². The summed E-state index contributed by atoms with van der Waals surface area (Å²) < 4.78 is 6.23. The van der Waals surface area contributed by atoms with Gasteiger partial charge in [-0.15, -0.1) is 0 Å². The molecule has 2 bridgehead atoms. The standard InChI is InChI=1S/C18H32O2/c1-5-6-7-8-9-16-17-13(2)10-14(3)18(11-19,12-20-16)15(17)4/h10,14-17,19H,5-9,11-12H2,1-4H3/t14-,15+,16-,17-,18-/m0/s1. The number of hydrogen-bond acceptors (Lipinski definition) is 2. The zero-order valence-corrected chi connectivity index (χ0v) is 13.7. The van der Waals surface area contributed by atoms with Gasteiger partial charge < -0.3 is 9.84 Å². The molecule has 116 valence electrons. The van der Waals surface area contributed by atoms with Crippen molar-refractivity contribution in [2.75, 3.05) is 13.2 Å². The van der Waals surface area contributed by atoms with Crippen LogP contribution in [-0.4, -0.2) is 24.4 Å². The minimum atomic E-state index is -0.0515. The summed E-state index contributed by atoms with van der Waals surface area (Å²) in [5.41, 5.74) is 1.43. The Labute approximate surface area is 124 Å². The molecule has 0 aromatic carbocycles. The summed E-state index contributed by atoms with van der Waals surface area (Å²) in [6.07, 6.45) is 9.15. The molecule has 5 atom stereocenters. The Kier molecular flexibility index (Phi) is 5.30. The highest BCUT2D eigenvalue weighted by molar-refractivity contribution is 5.20. The van der Waals surface area contributed by atoms with Gasteiger partial charge in [-0.25, -0.2) is 0 Å². The Morgan fingerprint density at radius 2 is 2.05 bits per heavy atom. The van der Waals surface area contributed by atoms with Crippen molar-refractivity contribution in [1.82, 2.24) is 0 Å². The van der Waals surface area contributed by atoms with Crippen molar-refractivity contribution in [2.45, 2.75) is 65.9 Å². The van der Waals surface area contributed by atoms with Gasteiger partial charge in [-0.1, -0.05) is 58.1 Å². The van der Waals surface area contributed by atoms with Gasteiger partial charge in [-0.05, 0) is 25.2 Å². The van der Waals surface area contributed by atoms with Crippen molar-refractivity contribution in [3.8, 4) is 0 Å². The highest BCUT2D eigenvalue weighted by atomic mass is 16.5. The molecule has 0 radical (unpaired) electrons. The van der Waals surface area contributed by atoms with E-state index in [0.717, 1.165) is 6.61 Å². The molecule has 1 N–H and O–H groups in total. The first kappa shape index (κ1) is 16.0. The van der Waals surface area contributed by atoms with Crippen molar-refractivity contribution >= 4 is 0 Å². The largest absolute Gasteiger partial charge is 0.396 e. The zero-order chi connectivity index (χ0) is 14.8. The fraction of sp³-hybridized carbons (Fsp3) is 0.889. The lowest BCUT2D eigenvalue weighted by Gasteiger charge is -2.55. The Balaban J connectivity index is 2.08. The number of allylic oxidation sites excluding steroid dienone is 1. The van der Waals surface area contributed by atoms with Gasteiger partial charge >= 0.3 is 0 Å². The van der Waals surface area contributed by atoms with Crippen molar-refractivity contribution in [3.63, 3.8) is 0 Å². The van der Waals surface area contributed by atoms with E-state index in [1.807, 2.05) is 0 Å². The van der Waals surface area contributed by atoms with Crippen LogP contribution in [0.1, 0.15) is 59.8 Å². The van der Waals surface area contributed by atoms with Crippen molar-refractivity contribution in [1.29, 1.82) is 0 Å². The van der Waals surface area contributed by atoms with Crippen LogP contribution in [0, 0.1) is 23.2 Å². The van der Waals surface area contributed by atoms with Crippen LogP contribution in [0.4, 0.5) is 0 Å². The van der Waals surface area contributed by atoms with E-state index in [2.05, 4.69) is 33.8 Å². The van der Waals surface area contributed by atoms with Gasteiger partial charge in [0, 0.05) is 11.3 Å². The fourth-order valence-electron chi connectivity index (χ4n) is 4.45. The highest BCUT2D eigenvalue weighted by Crippen LogP contribution is 2.52. The molecule has 2 aliphatic rings. The van der Waals surface area contributed by atoms with E-state index in [4.69, 9.17) is 4.74 Å². The van der Waals surface area contributed by atoms with Crippen LogP contribution < -0.4 is 0 Å². The van der Waals surface area contributed by atoms with Crippen LogP contribution in [0.2, 0.25) is 0 Å². The first-order valence-electron chi connectivity index (χ1n) is 8.47. The molecule has 0 amide bonds. The van der Waals surface area contributed by atoms with Crippen molar-refractivity contribution in [3.05, 3.63) is 11.6 Å². The fourth-order valence-corrected chi connectivity index (χ4v) is 4.45. The highest BCUT2D eigenvalue weighted by Gasteiger charge is 2.52. The molecule has 0 saturated carbocycles. The maximum absolute atomic E-state index is 9.94. The van der Waals surface area contributed by atoms with Crippen molar-refractivity contribution in [2.24, 2.45) is 23.2 Å². The first-order chi connectivity index (χ1) is 9.56. The number of aliphatic hydroxyl groups is 1. The van der Waals surface area contributed by atoms with E-state index < -0.39 is 0 Å². The first-order valence-corrected chi connectivity index (χ1v) is 8.47. The molecule has 1 saturated heterocycles. The second kappa shape index (κ2) is 6.62. The molecule has 1 aliphatic carbocycles. The summed E-state index contributed by atoms with van der Waals surface area (Å²) in [6, 6.07) is 0. The molecule has 1 fully saturated rings. The lowest BCUT2D eigenvalue weighted by atomic mass is 9.56. The number of hydrogen-bond donors (Lipinski definition) is 1. The monoisotopic (exact) mass is 280 g/mol. The number of ether oxygens (including phenoxy) is 1. The molecular formula is C18H32O2. The Morgan fingerprint density at radius 3 is 2.70 bits per heavy atom. The normalized spacial score (nSPS) is 40.5. The Morgan fingerprint density at radius 1 is 1.30 bits per heavy atom. The van der Waals surface area contributed by atoms with Gasteiger partial charge in [-0.3, -0.25) is 0 Å². The van der Waals surface area contributed by atoms with Gasteiger partial charge in [0.1, 0.15) is 0 Å². The lowest BCUT2D eigenvalue weighted by Crippen LogP contribution is -2.56. The molecular weight excluding hydrogens is 248 g/mol. The molecule has 1 aliphatic heterocycles. The minimum Gasteiger partial charge on any atom is -0.396 e. The second-order valence-corrected chi connectivity index (χ2v) is 7.10. The Bertz CT molecular complexity index is 349. The van der Waals surface area contributed by atoms with Crippen LogP contribution in [0.5, 0.6) is 0 Å². The van der Waals surface area contributed by atoms with Crippen LogP contribution in [0.15, 0.2) is 11.6 Å². The molecule has 2 rings (SSSR count). The summed E-state index contributed by atoms with van der Waals surface area (Å²) in [5.74, 6) is 1.45. The molecule has 2 nitrogen and oxygen atoms in total. The van der Waals surface area contributed by atoms with Gasteiger partial charge in [-0.2, -0.15) is 0 Å². The predicted molar refractivity (Wildman–Crippen MR) is 83.6 cm³/mol. The number of unbranched alkanes of at least 4 members (excludes halogenated alkanes) is 3. The molecule has 1 heterocycles. The SMILES string of the molecule is CCCCCC[C@@H]1OC[C@]2(CO)[C@H](C)[C@@H]1C(C)=C[C@@H]2C. The van der Waals surface area contributed by atoms with E-state index in [-0.39, 0.29) is 12.0 Å². The van der Waals surface area contributed by atoms with Crippen molar-refractivity contribution < 1.29 is 9.84 Å². The smallest absolute Gasteiger partial charge is 0.0643 e. The van der Waals surface area contributed by atoms with E-state index >= 15 is 0 Å². The van der Waals surface area contributed by atoms with Crippen LogP contribution >= 0.6 is 0 Å². The molecule has 20 heavy (non-hydrogen) atoms. The molecule has 0 spiro atoms. The van der Waals surface area contributed by atoms with Crippen LogP contribution in [-0.2, 0) is 4.74 Å².